The van der Waals surface area contributed by atoms with Gasteiger partial charge in [0.25, 0.3) is 0 Å². The molecule has 0 spiro atoms. The van der Waals surface area contributed by atoms with Crippen molar-refractivity contribution in [2.24, 2.45) is 11.7 Å². The summed E-state index contributed by atoms with van der Waals surface area (Å²) in [6.45, 7) is 0. The maximum atomic E-state index is 11.9. The van der Waals surface area contributed by atoms with Gasteiger partial charge in [0, 0.05) is 6.42 Å². The van der Waals surface area contributed by atoms with Gasteiger partial charge in [-0.15, -0.1) is 0 Å². The van der Waals surface area contributed by atoms with Crippen molar-refractivity contribution in [3.8, 4) is 5.75 Å². The van der Waals surface area contributed by atoms with E-state index in [1.807, 2.05) is 24.3 Å². The fourth-order valence-corrected chi connectivity index (χ4v) is 1.92. The van der Waals surface area contributed by atoms with Crippen LogP contribution in [0.3, 0.4) is 0 Å². The molecule has 3 nitrogen and oxygen atoms in total. The zero-order valence-corrected chi connectivity index (χ0v) is 10.2. The van der Waals surface area contributed by atoms with E-state index in [9.17, 15) is 4.79 Å². The fraction of sp³-hybridized carbons (Fsp3) is 0.500. The molecule has 2 N–H and O–H groups in total. The standard InChI is InChI=1S/C14H19NO2/c1-17-12-6-4-11(5-7-12)9-14(16)13(15)8-10-2-3-10/h4-7,10,13H,2-3,8-9,15H2,1H3. The summed E-state index contributed by atoms with van der Waals surface area (Å²) in [4.78, 5) is 11.9. The van der Waals surface area contributed by atoms with Crippen molar-refractivity contribution in [1.29, 1.82) is 0 Å². The van der Waals surface area contributed by atoms with Crippen LogP contribution in [0.15, 0.2) is 24.3 Å². The summed E-state index contributed by atoms with van der Waals surface area (Å²) >= 11 is 0. The molecule has 0 bridgehead atoms. The Morgan fingerprint density at radius 2 is 2.06 bits per heavy atom. The third kappa shape index (κ3) is 3.56. The van der Waals surface area contributed by atoms with Gasteiger partial charge in [-0.2, -0.15) is 0 Å². The Labute approximate surface area is 102 Å². The number of Topliss-reactive ketones (excluding diaryl/α,β-unsaturated/α-hetero) is 1. The molecule has 92 valence electrons. The van der Waals surface area contributed by atoms with Crippen LogP contribution in [0, 0.1) is 5.92 Å². The molecule has 0 radical (unpaired) electrons. The first-order chi connectivity index (χ1) is 8.19. The van der Waals surface area contributed by atoms with E-state index in [0.29, 0.717) is 12.3 Å². The van der Waals surface area contributed by atoms with Crippen LogP contribution in [-0.4, -0.2) is 18.9 Å². The van der Waals surface area contributed by atoms with Crippen LogP contribution < -0.4 is 10.5 Å². The van der Waals surface area contributed by atoms with E-state index in [1.165, 1.54) is 12.8 Å². The normalized spacial score (nSPS) is 16.6. The highest BCUT2D eigenvalue weighted by atomic mass is 16.5. The van der Waals surface area contributed by atoms with E-state index in [-0.39, 0.29) is 11.8 Å². The molecule has 1 unspecified atom stereocenters. The van der Waals surface area contributed by atoms with Gasteiger partial charge in [0.1, 0.15) is 5.75 Å². The highest BCUT2D eigenvalue weighted by Crippen LogP contribution is 2.33. The van der Waals surface area contributed by atoms with E-state index in [1.54, 1.807) is 7.11 Å². The predicted molar refractivity (Wildman–Crippen MR) is 67.0 cm³/mol. The minimum atomic E-state index is -0.287. The van der Waals surface area contributed by atoms with Crippen LogP contribution in [0.4, 0.5) is 0 Å². The summed E-state index contributed by atoms with van der Waals surface area (Å²) in [5, 5.41) is 0. The van der Waals surface area contributed by atoms with E-state index >= 15 is 0 Å². The average molecular weight is 233 g/mol. The Kier molecular flexibility index (Phi) is 3.79. The minimum absolute atomic E-state index is 0.141. The quantitative estimate of drug-likeness (QED) is 0.817. The molecular weight excluding hydrogens is 214 g/mol. The zero-order chi connectivity index (χ0) is 12.3. The molecule has 0 heterocycles. The van der Waals surface area contributed by atoms with Gasteiger partial charge >= 0.3 is 0 Å². The number of methoxy groups -OCH3 is 1. The van der Waals surface area contributed by atoms with E-state index in [2.05, 4.69) is 0 Å². The van der Waals surface area contributed by atoms with Gasteiger partial charge < -0.3 is 10.5 Å². The van der Waals surface area contributed by atoms with Crippen molar-refractivity contribution in [1.82, 2.24) is 0 Å². The van der Waals surface area contributed by atoms with Crippen LogP contribution in [0.1, 0.15) is 24.8 Å². The smallest absolute Gasteiger partial charge is 0.153 e. The van der Waals surface area contributed by atoms with Crippen molar-refractivity contribution >= 4 is 5.78 Å². The Morgan fingerprint density at radius 3 is 2.59 bits per heavy atom. The lowest BCUT2D eigenvalue weighted by Gasteiger charge is -2.10. The number of rotatable bonds is 6. The van der Waals surface area contributed by atoms with E-state index in [0.717, 1.165) is 17.7 Å². The summed E-state index contributed by atoms with van der Waals surface area (Å²) in [5.41, 5.74) is 6.89. The molecule has 0 aliphatic heterocycles. The van der Waals surface area contributed by atoms with Gasteiger partial charge in [-0.25, -0.2) is 0 Å². The lowest BCUT2D eigenvalue weighted by Crippen LogP contribution is -2.32. The molecule has 1 aliphatic carbocycles. The summed E-state index contributed by atoms with van der Waals surface area (Å²) in [6, 6.07) is 7.29. The highest BCUT2D eigenvalue weighted by molar-refractivity contribution is 5.85. The number of ether oxygens (including phenoxy) is 1. The first-order valence-corrected chi connectivity index (χ1v) is 6.10. The molecule has 1 aliphatic rings. The van der Waals surface area contributed by atoms with Crippen molar-refractivity contribution < 1.29 is 9.53 Å². The largest absolute Gasteiger partial charge is 0.497 e. The Balaban J connectivity index is 1.87. The van der Waals surface area contributed by atoms with Crippen molar-refractivity contribution in [3.05, 3.63) is 29.8 Å². The van der Waals surface area contributed by atoms with Crippen molar-refractivity contribution in [3.63, 3.8) is 0 Å². The summed E-state index contributed by atoms with van der Waals surface area (Å²) in [5.74, 6) is 1.65. The van der Waals surface area contributed by atoms with Crippen LogP contribution in [0.5, 0.6) is 5.75 Å². The van der Waals surface area contributed by atoms with E-state index in [4.69, 9.17) is 10.5 Å². The van der Waals surface area contributed by atoms with E-state index < -0.39 is 0 Å². The van der Waals surface area contributed by atoms with Crippen LogP contribution >= 0.6 is 0 Å². The fourth-order valence-electron chi connectivity index (χ4n) is 1.92. The molecule has 1 saturated carbocycles. The Hall–Kier alpha value is -1.35. The predicted octanol–water partition coefficient (Wildman–Crippen LogP) is 1.93. The molecule has 1 aromatic carbocycles. The molecular formula is C14H19NO2. The number of nitrogens with two attached hydrogens (primary N) is 1. The molecule has 1 atom stereocenters. The number of benzene rings is 1. The number of carbonyl (C=O) groups excluding carboxylic acids is 1. The molecule has 1 aromatic rings. The monoisotopic (exact) mass is 233 g/mol. The maximum absolute atomic E-state index is 11.9. The minimum Gasteiger partial charge on any atom is -0.497 e. The first kappa shape index (κ1) is 12.1. The molecule has 3 heteroatoms. The van der Waals surface area contributed by atoms with Crippen LogP contribution in [-0.2, 0) is 11.2 Å². The third-order valence-electron chi connectivity index (χ3n) is 3.24. The number of ketones is 1. The number of hydrogen-bond donors (Lipinski definition) is 1. The number of hydrogen-bond acceptors (Lipinski definition) is 3. The van der Waals surface area contributed by atoms with Crippen LogP contribution in [0.25, 0.3) is 0 Å². The lowest BCUT2D eigenvalue weighted by molar-refractivity contribution is -0.119. The summed E-state index contributed by atoms with van der Waals surface area (Å²) < 4.78 is 5.07. The molecule has 2 rings (SSSR count). The van der Waals surface area contributed by atoms with Gasteiger partial charge in [-0.3, -0.25) is 4.79 Å². The summed E-state index contributed by atoms with van der Waals surface area (Å²) in [6.07, 6.45) is 3.76. The zero-order valence-electron chi connectivity index (χ0n) is 10.2. The average Bonchev–Trinajstić information content (AvgIpc) is 3.14. The summed E-state index contributed by atoms with van der Waals surface area (Å²) in [7, 11) is 1.63. The van der Waals surface area contributed by atoms with Gasteiger partial charge in [0.15, 0.2) is 5.78 Å². The van der Waals surface area contributed by atoms with Gasteiger partial charge in [0.2, 0.25) is 0 Å². The van der Waals surface area contributed by atoms with Gasteiger partial charge in [-0.05, 0) is 30.0 Å². The van der Waals surface area contributed by atoms with Crippen LogP contribution in [0.2, 0.25) is 0 Å². The topological polar surface area (TPSA) is 52.3 Å². The molecule has 0 saturated heterocycles. The SMILES string of the molecule is COc1ccc(CC(=O)C(N)CC2CC2)cc1. The third-order valence-corrected chi connectivity index (χ3v) is 3.24. The van der Waals surface area contributed by atoms with Gasteiger partial charge in [-0.1, -0.05) is 25.0 Å². The lowest BCUT2D eigenvalue weighted by atomic mass is 10.0. The van der Waals surface area contributed by atoms with Gasteiger partial charge in [0.05, 0.1) is 13.2 Å². The Morgan fingerprint density at radius 1 is 1.41 bits per heavy atom. The second-order valence-electron chi connectivity index (χ2n) is 4.78. The molecule has 17 heavy (non-hydrogen) atoms. The first-order valence-electron chi connectivity index (χ1n) is 6.10. The van der Waals surface area contributed by atoms with Crippen molar-refractivity contribution in [2.75, 3.05) is 7.11 Å². The molecule has 0 aromatic heterocycles. The second-order valence-corrected chi connectivity index (χ2v) is 4.78. The number of carbonyl (C=O) groups is 1. The second kappa shape index (κ2) is 5.32. The van der Waals surface area contributed by atoms with Crippen molar-refractivity contribution in [2.45, 2.75) is 31.7 Å². The highest BCUT2D eigenvalue weighted by Gasteiger charge is 2.26. The molecule has 0 amide bonds. The maximum Gasteiger partial charge on any atom is 0.153 e. The molecule has 1 fully saturated rings. The Bertz CT molecular complexity index is 382.